The van der Waals surface area contributed by atoms with E-state index in [2.05, 4.69) is 40.1 Å². The lowest BCUT2D eigenvalue weighted by atomic mass is 9.70. The molecule has 3 unspecified atom stereocenters. The van der Waals surface area contributed by atoms with E-state index in [1.807, 2.05) is 12.1 Å². The summed E-state index contributed by atoms with van der Waals surface area (Å²) in [6, 6.07) is 11.4. The van der Waals surface area contributed by atoms with Gasteiger partial charge in [0.1, 0.15) is 16.7 Å². The van der Waals surface area contributed by atoms with Gasteiger partial charge in [-0.2, -0.15) is 0 Å². The van der Waals surface area contributed by atoms with Gasteiger partial charge in [0.2, 0.25) is 5.95 Å². The number of ether oxygens (including phenoxy) is 1. The van der Waals surface area contributed by atoms with Gasteiger partial charge in [-0.3, -0.25) is 0 Å². The van der Waals surface area contributed by atoms with Crippen molar-refractivity contribution in [3.05, 3.63) is 42.5 Å². The summed E-state index contributed by atoms with van der Waals surface area (Å²) in [7, 11) is 0.287. The number of benzene rings is 2. The molecule has 0 aliphatic heterocycles. The van der Waals surface area contributed by atoms with E-state index < -0.39 is 17.3 Å². The molecule has 0 amide bonds. The minimum absolute atomic E-state index is 0.167. The van der Waals surface area contributed by atoms with Crippen molar-refractivity contribution in [2.24, 2.45) is 11.3 Å². The van der Waals surface area contributed by atoms with E-state index in [9.17, 15) is 17.4 Å². The highest BCUT2D eigenvalue weighted by Crippen LogP contribution is 2.46. The Labute approximate surface area is 199 Å². The molecule has 34 heavy (non-hydrogen) atoms. The first-order chi connectivity index (χ1) is 15.9. The van der Waals surface area contributed by atoms with E-state index in [0.717, 1.165) is 24.8 Å². The largest absolute Gasteiger partial charge is 0.573 e. The van der Waals surface area contributed by atoms with Crippen LogP contribution in [-0.2, 0) is 11.0 Å². The zero-order valence-electron chi connectivity index (χ0n) is 19.6. The maximum Gasteiger partial charge on any atom is 0.573 e. The highest BCUT2D eigenvalue weighted by molar-refractivity contribution is 7.83. The molecular weight excluding hydrogens is 465 g/mol. The van der Waals surface area contributed by atoms with Crippen LogP contribution in [0.2, 0.25) is 0 Å². The second kappa shape index (κ2) is 9.22. The third-order valence-electron chi connectivity index (χ3n) is 6.13. The van der Waals surface area contributed by atoms with E-state index in [1.165, 1.54) is 24.3 Å². The number of imidazole rings is 1. The average Bonchev–Trinajstić information content (AvgIpc) is 3.09. The lowest BCUT2D eigenvalue weighted by Gasteiger charge is -2.40. The molecule has 184 valence electrons. The molecule has 1 aliphatic carbocycles. The van der Waals surface area contributed by atoms with Crippen LogP contribution in [0.4, 0.5) is 24.8 Å². The number of rotatable bonds is 6. The summed E-state index contributed by atoms with van der Waals surface area (Å²) in [5.41, 5.74) is 2.39. The number of nitrogens with one attached hydrogen (secondary N) is 2. The van der Waals surface area contributed by atoms with Crippen LogP contribution in [0.5, 0.6) is 5.75 Å². The Hall–Kier alpha value is -2.59. The fraction of sp³-hybridized carbons (Fsp3) is 0.458. The van der Waals surface area contributed by atoms with Crippen molar-refractivity contribution in [3.63, 3.8) is 0 Å². The number of halogens is 3. The highest BCUT2D eigenvalue weighted by Gasteiger charge is 2.35. The van der Waals surface area contributed by atoms with Crippen molar-refractivity contribution in [2.75, 3.05) is 12.4 Å². The second-order valence-electron chi connectivity index (χ2n) is 9.69. The smallest absolute Gasteiger partial charge is 0.406 e. The molecular formula is C24H29F3N4O2S. The molecule has 10 heteroatoms. The van der Waals surface area contributed by atoms with Gasteiger partial charge in [-0.15, -0.1) is 13.2 Å². The number of fused-ring (bicyclic) bond motifs is 1. The van der Waals surface area contributed by atoms with E-state index >= 15 is 0 Å². The van der Waals surface area contributed by atoms with E-state index in [-0.39, 0.29) is 17.2 Å². The molecule has 2 N–H and O–H groups in total. The molecule has 0 bridgehead atoms. The number of nitrogens with zero attached hydrogens (tertiary/aromatic N) is 2. The summed E-state index contributed by atoms with van der Waals surface area (Å²) in [6.07, 6.45) is -1.63. The molecule has 0 saturated heterocycles. The lowest BCUT2D eigenvalue weighted by molar-refractivity contribution is -0.274. The first kappa shape index (κ1) is 24.5. The van der Waals surface area contributed by atoms with E-state index in [0.29, 0.717) is 28.0 Å². The zero-order valence-corrected chi connectivity index (χ0v) is 20.4. The molecule has 1 heterocycles. The molecule has 0 spiro atoms. The Morgan fingerprint density at radius 1 is 1.15 bits per heavy atom. The molecule has 6 nitrogen and oxygen atoms in total. The van der Waals surface area contributed by atoms with Gasteiger partial charge in [-0.1, -0.05) is 20.8 Å². The Morgan fingerprint density at radius 2 is 1.85 bits per heavy atom. The van der Waals surface area contributed by atoms with Gasteiger partial charge in [-0.25, -0.2) is 13.9 Å². The number of anilines is 2. The van der Waals surface area contributed by atoms with Gasteiger partial charge in [0, 0.05) is 11.7 Å². The van der Waals surface area contributed by atoms with Crippen molar-refractivity contribution in [1.29, 1.82) is 0 Å². The number of aromatic nitrogens is 2. The van der Waals surface area contributed by atoms with Gasteiger partial charge in [0.15, 0.2) is 0 Å². The molecule has 0 radical (unpaired) electrons. The predicted octanol–water partition coefficient (Wildman–Crippen LogP) is 6.31. The first-order valence-electron chi connectivity index (χ1n) is 11.2. The van der Waals surface area contributed by atoms with Crippen molar-refractivity contribution in [2.45, 2.75) is 57.3 Å². The standard InChI is InChI=1S/C24H29F3N4O2S/c1-15-11-17(14-23(2,3)13-15)31-21-10-9-19(34(32)28-4)12-20(21)30-22(31)29-16-5-7-18(8-6-16)33-24(25,26)27/h5-10,12,15,17,28H,11,13-14H2,1-4H3,(H,29,30). The summed E-state index contributed by atoms with van der Waals surface area (Å²) in [6.45, 7) is 6.80. The maximum absolute atomic E-state index is 12.5. The quantitative estimate of drug-likeness (QED) is 0.422. The van der Waals surface area contributed by atoms with Crippen molar-refractivity contribution in [1.82, 2.24) is 14.3 Å². The van der Waals surface area contributed by atoms with E-state index in [4.69, 9.17) is 4.98 Å². The fourth-order valence-electron chi connectivity index (χ4n) is 5.13. The Kier molecular flexibility index (Phi) is 6.65. The summed E-state index contributed by atoms with van der Waals surface area (Å²) in [5, 5.41) is 3.28. The van der Waals surface area contributed by atoms with Crippen LogP contribution < -0.4 is 14.8 Å². The molecule has 1 saturated carbocycles. The van der Waals surface area contributed by atoms with Crippen molar-refractivity contribution < 1.29 is 22.1 Å². The normalized spacial score (nSPS) is 21.4. The Bertz CT molecular complexity index is 1190. The predicted molar refractivity (Wildman–Crippen MR) is 127 cm³/mol. The van der Waals surface area contributed by atoms with Crippen LogP contribution >= 0.6 is 0 Å². The first-order valence-corrected chi connectivity index (χ1v) is 12.3. The van der Waals surface area contributed by atoms with Gasteiger partial charge in [0.05, 0.1) is 15.9 Å². The third-order valence-corrected chi connectivity index (χ3v) is 7.19. The summed E-state index contributed by atoms with van der Waals surface area (Å²) < 4.78 is 58.6. The zero-order chi connectivity index (χ0) is 24.7. The minimum atomic E-state index is -4.74. The van der Waals surface area contributed by atoms with Crippen LogP contribution in [0.3, 0.4) is 0 Å². The molecule has 1 aromatic heterocycles. The lowest BCUT2D eigenvalue weighted by Crippen LogP contribution is -2.29. The summed E-state index contributed by atoms with van der Waals surface area (Å²) in [4.78, 5) is 5.42. The molecule has 4 rings (SSSR count). The number of alkyl halides is 3. The van der Waals surface area contributed by atoms with Crippen LogP contribution in [0.25, 0.3) is 11.0 Å². The van der Waals surface area contributed by atoms with Crippen LogP contribution in [-0.4, -0.2) is 27.2 Å². The monoisotopic (exact) mass is 494 g/mol. The highest BCUT2D eigenvalue weighted by atomic mass is 32.2. The Balaban J connectivity index is 1.73. The molecule has 3 aromatic rings. The van der Waals surface area contributed by atoms with Crippen LogP contribution in [0, 0.1) is 11.3 Å². The van der Waals surface area contributed by atoms with Gasteiger partial charge in [-0.05, 0) is 80.1 Å². The fourth-order valence-corrected chi connectivity index (χ4v) is 5.78. The van der Waals surface area contributed by atoms with Gasteiger partial charge in [0.25, 0.3) is 0 Å². The van der Waals surface area contributed by atoms with Gasteiger partial charge >= 0.3 is 6.36 Å². The summed E-state index contributed by atoms with van der Waals surface area (Å²) >= 11 is 0. The van der Waals surface area contributed by atoms with Crippen LogP contribution in [0.1, 0.15) is 46.1 Å². The molecule has 1 aliphatic rings. The molecule has 3 atom stereocenters. The maximum atomic E-state index is 12.5. The SMILES string of the molecule is CNS(=O)c1ccc2c(c1)nc(Nc1ccc(OC(F)(F)F)cc1)n2C1CC(C)CC(C)(C)C1. The molecule has 2 aromatic carbocycles. The molecule has 1 fully saturated rings. The third kappa shape index (κ3) is 5.55. The van der Waals surface area contributed by atoms with Crippen LogP contribution in [0.15, 0.2) is 47.4 Å². The van der Waals surface area contributed by atoms with Crippen molar-refractivity contribution in [3.8, 4) is 5.75 Å². The second-order valence-corrected chi connectivity index (χ2v) is 11.1. The average molecular weight is 495 g/mol. The van der Waals surface area contributed by atoms with Gasteiger partial charge < -0.3 is 14.6 Å². The minimum Gasteiger partial charge on any atom is -0.406 e. The topological polar surface area (TPSA) is 68.2 Å². The Morgan fingerprint density at radius 3 is 2.47 bits per heavy atom. The number of hydrogen-bond donors (Lipinski definition) is 2. The summed E-state index contributed by atoms with van der Waals surface area (Å²) in [5.74, 6) is 0.851. The van der Waals surface area contributed by atoms with E-state index in [1.54, 1.807) is 13.1 Å². The number of hydrogen-bond acceptors (Lipinski definition) is 4. The van der Waals surface area contributed by atoms with Crippen molar-refractivity contribution >= 4 is 33.7 Å².